The third-order valence-electron chi connectivity index (χ3n) is 5.11. The molecule has 1 fully saturated rings. The molecule has 2 aliphatic rings. The highest BCUT2D eigenvalue weighted by Crippen LogP contribution is 2.37. The smallest absolute Gasteiger partial charge is 0.0830 e. The van der Waals surface area contributed by atoms with E-state index >= 15 is 0 Å². The molecular formula is C19H29NO. The van der Waals surface area contributed by atoms with Crippen LogP contribution >= 0.6 is 0 Å². The number of hydrogen-bond donors (Lipinski definition) is 1. The van der Waals surface area contributed by atoms with Gasteiger partial charge in [0.25, 0.3) is 0 Å². The van der Waals surface area contributed by atoms with Gasteiger partial charge in [-0.25, -0.2) is 0 Å². The summed E-state index contributed by atoms with van der Waals surface area (Å²) >= 11 is 0. The van der Waals surface area contributed by atoms with Crippen molar-refractivity contribution in [1.82, 2.24) is 5.32 Å². The molecule has 3 atom stereocenters. The molecule has 0 radical (unpaired) electrons. The van der Waals surface area contributed by atoms with Crippen LogP contribution in [0.25, 0.3) is 0 Å². The summed E-state index contributed by atoms with van der Waals surface area (Å²) in [7, 11) is 0. The van der Waals surface area contributed by atoms with Gasteiger partial charge in [0.05, 0.1) is 12.7 Å². The minimum absolute atomic E-state index is 0.338. The maximum absolute atomic E-state index is 6.10. The summed E-state index contributed by atoms with van der Waals surface area (Å²) in [5.74, 6) is 0.823. The van der Waals surface area contributed by atoms with E-state index in [0.717, 1.165) is 25.0 Å². The van der Waals surface area contributed by atoms with Crippen LogP contribution in [0.15, 0.2) is 24.3 Å². The van der Waals surface area contributed by atoms with Crippen LogP contribution in [0, 0.1) is 5.92 Å². The van der Waals surface area contributed by atoms with Crippen LogP contribution in [0.4, 0.5) is 0 Å². The van der Waals surface area contributed by atoms with E-state index in [9.17, 15) is 0 Å². The normalized spacial score (nSPS) is 29.1. The molecule has 3 unspecified atom stereocenters. The summed E-state index contributed by atoms with van der Waals surface area (Å²) in [6.45, 7) is 4.31. The summed E-state index contributed by atoms with van der Waals surface area (Å²) in [5.41, 5.74) is 2.96. The van der Waals surface area contributed by atoms with Crippen LogP contribution in [0.3, 0.4) is 0 Å². The van der Waals surface area contributed by atoms with Gasteiger partial charge >= 0.3 is 0 Å². The van der Waals surface area contributed by atoms with Gasteiger partial charge in [0, 0.05) is 6.04 Å². The summed E-state index contributed by atoms with van der Waals surface area (Å²) in [6, 6.07) is 9.61. The van der Waals surface area contributed by atoms with Gasteiger partial charge in [-0.1, -0.05) is 44.0 Å². The van der Waals surface area contributed by atoms with Crippen molar-refractivity contribution in [3.8, 4) is 0 Å². The highest BCUT2D eigenvalue weighted by molar-refractivity contribution is 5.30. The number of fused-ring (bicyclic) bond motifs is 1. The molecule has 0 aromatic heterocycles. The van der Waals surface area contributed by atoms with Gasteiger partial charge in [0.2, 0.25) is 0 Å². The first kappa shape index (κ1) is 15.1. The fourth-order valence-corrected chi connectivity index (χ4v) is 4.01. The molecule has 0 amide bonds. The van der Waals surface area contributed by atoms with Crippen molar-refractivity contribution in [3.05, 3.63) is 35.4 Å². The molecule has 3 rings (SSSR count). The number of benzene rings is 1. The first-order valence-electron chi connectivity index (χ1n) is 8.79. The third-order valence-corrected chi connectivity index (χ3v) is 5.11. The van der Waals surface area contributed by atoms with Crippen LogP contribution in [-0.4, -0.2) is 19.2 Å². The Kier molecular flexibility index (Phi) is 5.32. The second-order valence-electron chi connectivity index (χ2n) is 6.73. The average Bonchev–Trinajstić information content (AvgIpc) is 2.54. The van der Waals surface area contributed by atoms with E-state index in [1.165, 1.54) is 56.2 Å². The number of hydrogen-bond acceptors (Lipinski definition) is 2. The molecule has 2 nitrogen and oxygen atoms in total. The van der Waals surface area contributed by atoms with E-state index in [2.05, 4.69) is 36.5 Å². The molecule has 1 aliphatic carbocycles. The zero-order chi connectivity index (χ0) is 14.5. The zero-order valence-electron chi connectivity index (χ0n) is 13.3. The summed E-state index contributed by atoms with van der Waals surface area (Å²) in [4.78, 5) is 0. The van der Waals surface area contributed by atoms with Crippen molar-refractivity contribution in [2.45, 2.75) is 64.0 Å². The lowest BCUT2D eigenvalue weighted by Crippen LogP contribution is -2.35. The lowest BCUT2D eigenvalue weighted by atomic mass is 9.80. The molecule has 21 heavy (non-hydrogen) atoms. The molecule has 116 valence electrons. The molecule has 1 aromatic carbocycles. The molecule has 1 aromatic rings. The van der Waals surface area contributed by atoms with Crippen molar-refractivity contribution in [2.75, 3.05) is 13.2 Å². The van der Waals surface area contributed by atoms with E-state index in [1.54, 1.807) is 0 Å². The van der Waals surface area contributed by atoms with Crippen LogP contribution in [0.1, 0.15) is 62.7 Å². The molecule has 1 saturated carbocycles. The van der Waals surface area contributed by atoms with Gasteiger partial charge < -0.3 is 10.1 Å². The monoisotopic (exact) mass is 287 g/mol. The SMILES string of the molecule is CCCNC1CCCC(CC2OCCc3ccccc32)C1. The minimum atomic E-state index is 0.338. The van der Waals surface area contributed by atoms with Crippen LogP contribution in [0.5, 0.6) is 0 Å². The van der Waals surface area contributed by atoms with Gasteiger partial charge in [-0.05, 0) is 55.7 Å². The summed E-state index contributed by atoms with van der Waals surface area (Å²) in [5, 5.41) is 3.72. The second kappa shape index (κ2) is 7.42. The number of ether oxygens (including phenoxy) is 1. The predicted molar refractivity (Wildman–Crippen MR) is 87.5 cm³/mol. The van der Waals surface area contributed by atoms with Crippen molar-refractivity contribution < 1.29 is 4.74 Å². The van der Waals surface area contributed by atoms with Gasteiger partial charge in [-0.3, -0.25) is 0 Å². The Morgan fingerprint density at radius 2 is 2.14 bits per heavy atom. The van der Waals surface area contributed by atoms with Crippen LogP contribution in [0.2, 0.25) is 0 Å². The second-order valence-corrected chi connectivity index (χ2v) is 6.73. The summed E-state index contributed by atoms with van der Waals surface area (Å²) < 4.78 is 6.10. The van der Waals surface area contributed by atoms with E-state index in [0.29, 0.717) is 6.10 Å². The van der Waals surface area contributed by atoms with Gasteiger partial charge in [0.15, 0.2) is 0 Å². The number of rotatable bonds is 5. The Bertz CT molecular complexity index is 445. The largest absolute Gasteiger partial charge is 0.373 e. The quantitative estimate of drug-likeness (QED) is 0.874. The molecule has 0 bridgehead atoms. The van der Waals surface area contributed by atoms with Crippen molar-refractivity contribution in [1.29, 1.82) is 0 Å². The highest BCUT2D eigenvalue weighted by Gasteiger charge is 2.27. The molecule has 0 saturated heterocycles. The van der Waals surface area contributed by atoms with Gasteiger partial charge in [0.1, 0.15) is 0 Å². The Labute approximate surface area is 129 Å². The van der Waals surface area contributed by atoms with E-state index in [-0.39, 0.29) is 0 Å². The Balaban J connectivity index is 1.59. The highest BCUT2D eigenvalue weighted by atomic mass is 16.5. The predicted octanol–water partition coefficient (Wildman–Crippen LogP) is 4.25. The fraction of sp³-hybridized carbons (Fsp3) is 0.684. The average molecular weight is 287 g/mol. The molecular weight excluding hydrogens is 258 g/mol. The standard InChI is InChI=1S/C19H29NO/c1-2-11-20-17-8-5-6-15(13-17)14-19-18-9-4-3-7-16(18)10-12-21-19/h3-4,7,9,15,17,19-20H,2,5-6,8,10-14H2,1H3. The summed E-state index contributed by atoms with van der Waals surface area (Å²) in [6.07, 6.45) is 9.32. The Morgan fingerprint density at radius 3 is 3.05 bits per heavy atom. The Morgan fingerprint density at radius 1 is 1.24 bits per heavy atom. The first-order chi connectivity index (χ1) is 10.4. The van der Waals surface area contributed by atoms with E-state index in [1.807, 2.05) is 0 Å². The van der Waals surface area contributed by atoms with Gasteiger partial charge in [-0.2, -0.15) is 0 Å². The molecule has 1 aliphatic heterocycles. The van der Waals surface area contributed by atoms with E-state index < -0.39 is 0 Å². The fourth-order valence-electron chi connectivity index (χ4n) is 4.01. The van der Waals surface area contributed by atoms with E-state index in [4.69, 9.17) is 4.74 Å². The minimum Gasteiger partial charge on any atom is -0.373 e. The number of nitrogens with one attached hydrogen (secondary N) is 1. The van der Waals surface area contributed by atoms with Crippen LogP contribution in [-0.2, 0) is 11.2 Å². The lowest BCUT2D eigenvalue weighted by Gasteiger charge is -2.34. The zero-order valence-corrected chi connectivity index (χ0v) is 13.3. The topological polar surface area (TPSA) is 21.3 Å². The first-order valence-corrected chi connectivity index (χ1v) is 8.79. The molecule has 0 spiro atoms. The lowest BCUT2D eigenvalue weighted by molar-refractivity contribution is 0.0196. The molecule has 1 N–H and O–H groups in total. The molecule has 2 heteroatoms. The van der Waals surface area contributed by atoms with Crippen LogP contribution < -0.4 is 5.32 Å². The molecule has 1 heterocycles. The van der Waals surface area contributed by atoms with Crippen molar-refractivity contribution >= 4 is 0 Å². The van der Waals surface area contributed by atoms with Gasteiger partial charge in [-0.15, -0.1) is 0 Å². The third kappa shape index (κ3) is 3.87. The van der Waals surface area contributed by atoms with Crippen molar-refractivity contribution in [3.63, 3.8) is 0 Å². The maximum atomic E-state index is 6.10. The van der Waals surface area contributed by atoms with Crippen molar-refractivity contribution in [2.24, 2.45) is 5.92 Å². The Hall–Kier alpha value is -0.860. The maximum Gasteiger partial charge on any atom is 0.0830 e.